The molecule has 0 fully saturated rings. The highest BCUT2D eigenvalue weighted by Gasteiger charge is 2.18. The lowest BCUT2D eigenvalue weighted by Crippen LogP contribution is -2.15. The first-order valence-corrected chi connectivity index (χ1v) is 9.21. The molecule has 27 heavy (non-hydrogen) atoms. The van der Waals surface area contributed by atoms with Gasteiger partial charge in [0, 0.05) is 22.8 Å². The van der Waals surface area contributed by atoms with E-state index in [4.69, 9.17) is 27.1 Å². The number of nitrogen functional groups attached to an aromatic ring is 1. The Kier molecular flexibility index (Phi) is 4.99. The van der Waals surface area contributed by atoms with Crippen LogP contribution in [0.3, 0.4) is 0 Å². The smallest absolute Gasteiger partial charge is 0.143 e. The van der Waals surface area contributed by atoms with Gasteiger partial charge in [-0.05, 0) is 53.6 Å². The number of rotatable bonds is 5. The number of hydrogen-bond acceptors (Lipinski definition) is 3. The number of nitrogens with one attached hydrogen (secondary N) is 1. The summed E-state index contributed by atoms with van der Waals surface area (Å²) < 4.78 is 6.20. The third-order valence-electron chi connectivity index (χ3n) is 4.48. The van der Waals surface area contributed by atoms with Gasteiger partial charge in [0.1, 0.15) is 17.7 Å². The standard InChI is InChI=1S/C22H20ClN3O/c23-17-6-9-19(10-7-17)27-21(15-4-2-1-3-5-15)14-25-22-13-16-12-18(24)8-11-20(16)26-22/h1-12,21H,13-14,24H2,(H,25,26). The molecule has 0 saturated heterocycles. The zero-order valence-electron chi connectivity index (χ0n) is 14.7. The van der Waals surface area contributed by atoms with Crippen molar-refractivity contribution in [1.82, 2.24) is 0 Å². The molecule has 0 spiro atoms. The summed E-state index contributed by atoms with van der Waals surface area (Å²) in [5.41, 5.74) is 9.96. The second-order valence-electron chi connectivity index (χ2n) is 6.48. The highest BCUT2D eigenvalue weighted by molar-refractivity contribution is 6.30. The number of fused-ring (bicyclic) bond motifs is 1. The molecule has 0 amide bonds. The van der Waals surface area contributed by atoms with E-state index >= 15 is 0 Å². The first-order chi connectivity index (χ1) is 13.2. The lowest BCUT2D eigenvalue weighted by Gasteiger charge is -2.18. The summed E-state index contributed by atoms with van der Waals surface area (Å²) in [4.78, 5) is 4.77. The Labute approximate surface area is 163 Å². The minimum atomic E-state index is -0.185. The Balaban J connectivity index is 1.52. The molecule has 0 radical (unpaired) electrons. The average Bonchev–Trinajstić information content (AvgIpc) is 3.09. The predicted octanol–water partition coefficient (Wildman–Crippen LogP) is 5.11. The van der Waals surface area contributed by atoms with Crippen LogP contribution in [0.5, 0.6) is 5.75 Å². The molecule has 3 aromatic rings. The SMILES string of the molecule is Nc1ccc2c(c1)CC(=NCC(Oc1ccc(Cl)cc1)c1ccccc1)N2. The number of anilines is 2. The molecule has 1 unspecified atom stereocenters. The Bertz CT molecular complexity index is 955. The number of benzene rings is 3. The van der Waals surface area contributed by atoms with E-state index in [1.807, 2.05) is 60.7 Å². The topological polar surface area (TPSA) is 59.6 Å². The molecule has 4 rings (SSSR count). The molecule has 0 saturated carbocycles. The van der Waals surface area contributed by atoms with Gasteiger partial charge in [-0.15, -0.1) is 0 Å². The fourth-order valence-corrected chi connectivity index (χ4v) is 3.23. The maximum atomic E-state index is 6.20. The van der Waals surface area contributed by atoms with Crippen molar-refractivity contribution in [3.8, 4) is 5.75 Å². The lowest BCUT2D eigenvalue weighted by molar-refractivity contribution is 0.215. The summed E-state index contributed by atoms with van der Waals surface area (Å²) in [6.45, 7) is 0.512. The van der Waals surface area contributed by atoms with Gasteiger partial charge < -0.3 is 15.8 Å². The number of hydrogen-bond donors (Lipinski definition) is 2. The first kappa shape index (κ1) is 17.4. The molecule has 1 atom stereocenters. The largest absolute Gasteiger partial charge is 0.484 e. The van der Waals surface area contributed by atoms with Gasteiger partial charge in [0.2, 0.25) is 0 Å². The molecule has 1 heterocycles. The average molecular weight is 378 g/mol. The summed E-state index contributed by atoms with van der Waals surface area (Å²) >= 11 is 5.97. The molecule has 1 aliphatic rings. The number of halogens is 1. The Morgan fingerprint density at radius 3 is 2.59 bits per heavy atom. The van der Waals surface area contributed by atoms with Gasteiger partial charge in [-0.1, -0.05) is 41.9 Å². The number of nitrogens with zero attached hydrogens (tertiary/aromatic N) is 1. The maximum absolute atomic E-state index is 6.20. The highest BCUT2D eigenvalue weighted by atomic mass is 35.5. The van der Waals surface area contributed by atoms with Crippen LogP contribution in [0, 0.1) is 0 Å². The van der Waals surface area contributed by atoms with Crippen molar-refractivity contribution in [3.63, 3.8) is 0 Å². The maximum Gasteiger partial charge on any atom is 0.143 e. The molecular weight excluding hydrogens is 358 g/mol. The minimum Gasteiger partial charge on any atom is -0.484 e. The Morgan fingerprint density at radius 1 is 1.04 bits per heavy atom. The molecule has 0 aromatic heterocycles. The molecule has 1 aliphatic heterocycles. The lowest BCUT2D eigenvalue weighted by atomic mass is 10.1. The van der Waals surface area contributed by atoms with Crippen molar-refractivity contribution in [2.45, 2.75) is 12.5 Å². The van der Waals surface area contributed by atoms with Crippen LogP contribution in [0.1, 0.15) is 17.2 Å². The first-order valence-electron chi connectivity index (χ1n) is 8.83. The van der Waals surface area contributed by atoms with Crippen molar-refractivity contribution >= 4 is 28.8 Å². The van der Waals surface area contributed by atoms with E-state index in [2.05, 4.69) is 17.4 Å². The van der Waals surface area contributed by atoms with Gasteiger partial charge in [0.25, 0.3) is 0 Å². The van der Waals surface area contributed by atoms with E-state index < -0.39 is 0 Å². The second-order valence-corrected chi connectivity index (χ2v) is 6.91. The molecule has 3 aromatic carbocycles. The van der Waals surface area contributed by atoms with E-state index in [1.165, 1.54) is 5.56 Å². The van der Waals surface area contributed by atoms with E-state index in [0.717, 1.165) is 34.9 Å². The van der Waals surface area contributed by atoms with Crippen LogP contribution >= 0.6 is 11.6 Å². The number of nitrogens with two attached hydrogens (primary N) is 1. The molecule has 3 N–H and O–H groups in total. The molecule has 0 bridgehead atoms. The van der Waals surface area contributed by atoms with Gasteiger partial charge in [-0.2, -0.15) is 0 Å². The van der Waals surface area contributed by atoms with Gasteiger partial charge in [0.15, 0.2) is 0 Å². The molecule has 5 heteroatoms. The van der Waals surface area contributed by atoms with Crippen LogP contribution in [0.4, 0.5) is 11.4 Å². The van der Waals surface area contributed by atoms with E-state index in [1.54, 1.807) is 0 Å². The highest BCUT2D eigenvalue weighted by Crippen LogP contribution is 2.27. The second kappa shape index (κ2) is 7.72. The number of aliphatic imine (C=N–C) groups is 1. The normalized spacial score (nSPS) is 15.2. The van der Waals surface area contributed by atoms with Gasteiger partial charge in [-0.25, -0.2) is 0 Å². The third kappa shape index (κ3) is 4.23. The summed E-state index contributed by atoms with van der Waals surface area (Å²) in [7, 11) is 0. The fraction of sp³-hybridized carbons (Fsp3) is 0.136. The third-order valence-corrected chi connectivity index (χ3v) is 4.73. The van der Waals surface area contributed by atoms with Crippen LogP contribution in [-0.4, -0.2) is 12.4 Å². The van der Waals surface area contributed by atoms with E-state index in [-0.39, 0.29) is 6.10 Å². The van der Waals surface area contributed by atoms with Crippen LogP contribution in [0.15, 0.2) is 77.8 Å². The van der Waals surface area contributed by atoms with Gasteiger partial charge in [-0.3, -0.25) is 4.99 Å². The number of ether oxygens (including phenoxy) is 1. The van der Waals surface area contributed by atoms with Crippen LogP contribution < -0.4 is 15.8 Å². The minimum absolute atomic E-state index is 0.185. The van der Waals surface area contributed by atoms with Crippen molar-refractivity contribution in [2.75, 3.05) is 17.6 Å². The number of amidine groups is 1. The summed E-state index contributed by atoms with van der Waals surface area (Å²) in [5.74, 6) is 1.69. The van der Waals surface area contributed by atoms with E-state index in [0.29, 0.717) is 11.6 Å². The quantitative estimate of drug-likeness (QED) is 0.607. The molecule has 0 aliphatic carbocycles. The van der Waals surface area contributed by atoms with Crippen molar-refractivity contribution in [1.29, 1.82) is 0 Å². The Hall–Kier alpha value is -2.98. The van der Waals surface area contributed by atoms with E-state index in [9.17, 15) is 0 Å². The zero-order valence-corrected chi connectivity index (χ0v) is 15.5. The van der Waals surface area contributed by atoms with Gasteiger partial charge in [0.05, 0.1) is 6.54 Å². The van der Waals surface area contributed by atoms with Crippen LogP contribution in [0.2, 0.25) is 5.02 Å². The van der Waals surface area contributed by atoms with Gasteiger partial charge >= 0.3 is 0 Å². The molecule has 4 nitrogen and oxygen atoms in total. The summed E-state index contributed by atoms with van der Waals surface area (Å²) in [5, 5.41) is 4.05. The van der Waals surface area contributed by atoms with Crippen molar-refractivity contribution in [3.05, 3.63) is 88.9 Å². The predicted molar refractivity (Wildman–Crippen MR) is 112 cm³/mol. The summed E-state index contributed by atoms with van der Waals surface area (Å²) in [6.07, 6.45) is 0.568. The summed E-state index contributed by atoms with van der Waals surface area (Å²) in [6, 6.07) is 23.4. The monoisotopic (exact) mass is 377 g/mol. The fourth-order valence-electron chi connectivity index (χ4n) is 3.11. The molecule has 136 valence electrons. The molecular formula is C22H20ClN3O. The zero-order chi connectivity index (χ0) is 18.6. The van der Waals surface area contributed by atoms with Crippen LogP contribution in [-0.2, 0) is 6.42 Å². The van der Waals surface area contributed by atoms with Crippen molar-refractivity contribution in [2.24, 2.45) is 4.99 Å². The van der Waals surface area contributed by atoms with Crippen LogP contribution in [0.25, 0.3) is 0 Å². The Morgan fingerprint density at radius 2 is 1.81 bits per heavy atom. The van der Waals surface area contributed by atoms with Crippen molar-refractivity contribution < 1.29 is 4.74 Å².